The van der Waals surface area contributed by atoms with Crippen LogP contribution in [-0.2, 0) is 32.7 Å². The third-order valence-corrected chi connectivity index (χ3v) is 9.54. The van der Waals surface area contributed by atoms with Gasteiger partial charge in [0, 0.05) is 30.3 Å². The minimum atomic E-state index is -4.63. The number of benzene rings is 2. The summed E-state index contributed by atoms with van der Waals surface area (Å²) in [6.45, 7) is 3.66. The molecule has 1 spiro atoms. The maximum atomic E-state index is 14.1. The molecule has 0 bridgehead atoms. The number of aromatic nitrogens is 2. The second-order valence-corrected chi connectivity index (χ2v) is 14.2. The lowest BCUT2D eigenvalue weighted by Crippen LogP contribution is -2.48. The number of ether oxygens (including phenoxy) is 2. The molecule has 1 aromatic heterocycles. The van der Waals surface area contributed by atoms with E-state index in [-0.39, 0.29) is 54.4 Å². The number of anilines is 2. The van der Waals surface area contributed by atoms with Crippen molar-refractivity contribution in [3.05, 3.63) is 76.6 Å². The van der Waals surface area contributed by atoms with E-state index in [9.17, 15) is 36.9 Å². The van der Waals surface area contributed by atoms with Gasteiger partial charge in [-0.3, -0.25) is 4.90 Å². The second kappa shape index (κ2) is 13.3. The van der Waals surface area contributed by atoms with Gasteiger partial charge in [0.1, 0.15) is 6.61 Å². The molecule has 0 N–H and O–H groups in total. The molecular weight excluding hydrogens is 649 g/mol. The highest BCUT2D eigenvalue weighted by Gasteiger charge is 2.63. The number of hydrogen-bond donors (Lipinski definition) is 0. The van der Waals surface area contributed by atoms with Crippen LogP contribution in [-0.4, -0.2) is 61.8 Å². The Morgan fingerprint density at radius 1 is 1.08 bits per heavy atom. The fraction of sp³-hybridized carbons (Fsp3) is 0.424. The zero-order valence-corrected chi connectivity index (χ0v) is 27.3. The maximum absolute atomic E-state index is 14.1. The predicted octanol–water partition coefficient (Wildman–Crippen LogP) is 5.52. The highest BCUT2D eigenvalue weighted by Crippen LogP contribution is 2.61. The molecule has 5 rings (SSSR count). The minimum absolute atomic E-state index is 0.0982. The summed E-state index contributed by atoms with van der Waals surface area (Å²) in [5.41, 5.74) is 0.135. The molecule has 1 aliphatic heterocycles. The van der Waals surface area contributed by atoms with E-state index in [4.69, 9.17) is 9.47 Å². The number of rotatable bonds is 10. The van der Waals surface area contributed by atoms with E-state index >= 15 is 0 Å². The molecule has 1 fully saturated rings. The van der Waals surface area contributed by atoms with Crippen molar-refractivity contribution < 1.29 is 35.9 Å². The summed E-state index contributed by atoms with van der Waals surface area (Å²) in [6.07, 6.45) is -0.146. The Morgan fingerprint density at radius 2 is 1.75 bits per heavy atom. The van der Waals surface area contributed by atoms with Gasteiger partial charge >= 0.3 is 12.3 Å². The molecule has 1 saturated carbocycles. The largest absolute Gasteiger partial charge is 0.489 e. The van der Waals surface area contributed by atoms with Crippen molar-refractivity contribution in [1.82, 2.24) is 9.97 Å². The molecule has 48 heavy (non-hydrogen) atoms. The first-order chi connectivity index (χ1) is 22.7. The lowest BCUT2D eigenvalue weighted by Gasteiger charge is -2.42. The van der Waals surface area contributed by atoms with E-state index in [2.05, 4.69) is 22.1 Å². The van der Waals surface area contributed by atoms with Crippen LogP contribution in [0.4, 0.5) is 29.6 Å². The van der Waals surface area contributed by atoms with Gasteiger partial charge in [0.2, 0.25) is 5.95 Å². The normalized spacial score (nSPS) is 20.0. The molecule has 15 heteroatoms. The van der Waals surface area contributed by atoms with Crippen LogP contribution in [0.25, 0.3) is 0 Å². The van der Waals surface area contributed by atoms with Gasteiger partial charge in [-0.2, -0.15) is 23.7 Å². The smallest absolute Gasteiger partial charge is 0.416 e. The monoisotopic (exact) mass is 682 g/mol. The van der Waals surface area contributed by atoms with Crippen LogP contribution < -0.4 is 14.5 Å². The van der Waals surface area contributed by atoms with Crippen molar-refractivity contribution in [3.8, 4) is 17.9 Å². The molecule has 3 aromatic rings. The van der Waals surface area contributed by atoms with E-state index in [0.717, 1.165) is 18.4 Å². The lowest BCUT2D eigenvalue weighted by atomic mass is 9.80. The second-order valence-electron chi connectivity index (χ2n) is 11.9. The number of sulfone groups is 1. The molecule has 0 saturated heterocycles. The quantitative estimate of drug-likeness (QED) is 0.267. The standard InChI is InChI=1S/C33H33F3N6O5S/c1-4-25-14-32(27-13-24(33(34,35)36)6-7-28(27)42(25)31(43)46-5-2)15-29(32)41(20-23-11-21(16-37)10-22(12-23)17-38)30-39-18-26(19-40-30)47-8-9-48(3,44)45/h6-7,10-13,18-19,25,29H,4-5,8-9,14-15,20H2,1-3H3. The van der Waals surface area contributed by atoms with E-state index in [1.165, 1.54) is 29.4 Å². The van der Waals surface area contributed by atoms with Crippen molar-refractivity contribution in [2.45, 2.75) is 63.3 Å². The van der Waals surface area contributed by atoms with Crippen LogP contribution in [0.3, 0.4) is 0 Å². The Morgan fingerprint density at radius 3 is 2.31 bits per heavy atom. The van der Waals surface area contributed by atoms with Gasteiger partial charge in [-0.15, -0.1) is 0 Å². The van der Waals surface area contributed by atoms with Gasteiger partial charge in [-0.1, -0.05) is 6.92 Å². The zero-order chi connectivity index (χ0) is 34.9. The van der Waals surface area contributed by atoms with Gasteiger partial charge in [-0.05, 0) is 73.7 Å². The van der Waals surface area contributed by atoms with Crippen molar-refractivity contribution >= 4 is 27.6 Å². The Bertz CT molecular complexity index is 1860. The number of nitrogens with zero attached hydrogens (tertiary/aromatic N) is 6. The summed E-state index contributed by atoms with van der Waals surface area (Å²) in [6, 6.07) is 11.4. The summed E-state index contributed by atoms with van der Waals surface area (Å²) >= 11 is 0. The molecule has 2 aliphatic rings. The van der Waals surface area contributed by atoms with Crippen LogP contribution in [0.1, 0.15) is 60.9 Å². The molecule has 2 aromatic carbocycles. The lowest BCUT2D eigenvalue weighted by molar-refractivity contribution is -0.137. The zero-order valence-electron chi connectivity index (χ0n) is 26.5. The summed E-state index contributed by atoms with van der Waals surface area (Å²) < 4.78 is 76.0. The van der Waals surface area contributed by atoms with E-state index in [1.54, 1.807) is 19.1 Å². The number of halogens is 3. The Labute approximate surface area is 276 Å². The molecule has 2 heterocycles. The predicted molar refractivity (Wildman–Crippen MR) is 169 cm³/mol. The van der Waals surface area contributed by atoms with Crippen molar-refractivity contribution in [2.75, 3.05) is 35.0 Å². The highest BCUT2D eigenvalue weighted by atomic mass is 32.2. The van der Waals surface area contributed by atoms with Crippen molar-refractivity contribution in [2.24, 2.45) is 0 Å². The number of amides is 1. The van der Waals surface area contributed by atoms with Crippen molar-refractivity contribution in [3.63, 3.8) is 0 Å². The highest BCUT2D eigenvalue weighted by molar-refractivity contribution is 7.90. The number of hydrogen-bond acceptors (Lipinski definition) is 10. The van der Waals surface area contributed by atoms with Gasteiger partial charge in [0.05, 0.1) is 59.3 Å². The molecule has 0 radical (unpaired) electrons. The number of carbonyl (C=O) groups excluding carboxylic acids is 1. The van der Waals surface area contributed by atoms with Gasteiger partial charge < -0.3 is 14.4 Å². The summed E-state index contributed by atoms with van der Waals surface area (Å²) in [5.74, 6) is 0.227. The van der Waals surface area contributed by atoms with Gasteiger partial charge in [0.25, 0.3) is 0 Å². The number of carbonyl (C=O) groups is 1. The van der Waals surface area contributed by atoms with Gasteiger partial charge in [-0.25, -0.2) is 23.2 Å². The first-order valence-electron chi connectivity index (χ1n) is 15.2. The average molecular weight is 683 g/mol. The van der Waals surface area contributed by atoms with E-state index < -0.39 is 39.1 Å². The van der Waals surface area contributed by atoms with Gasteiger partial charge in [0.15, 0.2) is 15.6 Å². The topological polar surface area (TPSA) is 150 Å². The Kier molecular flexibility index (Phi) is 9.55. The average Bonchev–Trinajstić information content (AvgIpc) is 3.76. The minimum Gasteiger partial charge on any atom is -0.489 e. The molecule has 1 amide bonds. The molecule has 1 aliphatic carbocycles. The first-order valence-corrected chi connectivity index (χ1v) is 17.3. The SMILES string of the molecule is CCOC(=O)N1c2ccc(C(F)(F)F)cc2C2(CC1CC)CC2N(Cc1cc(C#N)cc(C#N)c1)c1ncc(OCCS(C)(=O)=O)cn1. The molecule has 252 valence electrons. The fourth-order valence-electron chi connectivity index (χ4n) is 6.38. The Hall–Kier alpha value is -4.89. The third-order valence-electron chi connectivity index (χ3n) is 8.63. The number of fused-ring (bicyclic) bond motifs is 2. The third kappa shape index (κ3) is 7.16. The molecule has 3 unspecified atom stereocenters. The Balaban J connectivity index is 1.59. The fourth-order valence-corrected chi connectivity index (χ4v) is 6.77. The van der Waals surface area contributed by atoms with Crippen LogP contribution >= 0.6 is 0 Å². The summed E-state index contributed by atoms with van der Waals surface area (Å²) in [5, 5.41) is 19.2. The van der Waals surface area contributed by atoms with Crippen LogP contribution in [0.15, 0.2) is 48.8 Å². The van der Waals surface area contributed by atoms with Crippen LogP contribution in [0.2, 0.25) is 0 Å². The maximum Gasteiger partial charge on any atom is 0.416 e. The molecular formula is C33H33F3N6O5S. The summed E-state index contributed by atoms with van der Waals surface area (Å²) in [7, 11) is -3.26. The van der Waals surface area contributed by atoms with Crippen molar-refractivity contribution in [1.29, 1.82) is 10.5 Å². The van der Waals surface area contributed by atoms with Crippen LogP contribution in [0.5, 0.6) is 5.75 Å². The molecule has 11 nitrogen and oxygen atoms in total. The molecule has 3 atom stereocenters. The van der Waals surface area contributed by atoms with Crippen LogP contribution in [0, 0.1) is 22.7 Å². The first kappa shape index (κ1) is 34.4. The van der Waals surface area contributed by atoms with E-state index in [1.807, 2.05) is 11.8 Å². The number of nitriles is 2. The summed E-state index contributed by atoms with van der Waals surface area (Å²) in [4.78, 5) is 25.4. The number of alkyl halides is 3. The van der Waals surface area contributed by atoms with E-state index in [0.29, 0.717) is 36.1 Å².